The predicted octanol–water partition coefficient (Wildman–Crippen LogP) is 12.9. The van der Waals surface area contributed by atoms with Crippen molar-refractivity contribution in [1.82, 2.24) is 25.3 Å². The number of fused-ring (bicyclic) bond motifs is 7. The lowest BCUT2D eigenvalue weighted by Gasteiger charge is -2.29. The number of piperidine rings is 1. The number of carbonyl (C=O) groups is 7. The van der Waals surface area contributed by atoms with Crippen LogP contribution in [0.2, 0.25) is 25.7 Å². The number of anilines is 2. The van der Waals surface area contributed by atoms with Gasteiger partial charge < -0.3 is 59.1 Å². The highest BCUT2D eigenvalue weighted by molar-refractivity contribution is 6.76. The molecule has 6 amide bonds. The molecule has 0 saturated carbocycles. The molecule has 6 aromatic rings. The van der Waals surface area contributed by atoms with Crippen LogP contribution in [0.4, 0.5) is 16.2 Å². The minimum atomic E-state index is -1.51. The number of Topliss-reactive ketones (excluding diaryl/α,β-unsaturated/α-hetero) is 1. The smallest absolute Gasteiger partial charge is 0.407 e. The fourth-order valence-electron chi connectivity index (χ4n) is 14.5. The maximum Gasteiger partial charge on any atom is 0.407 e. The Labute approximate surface area is 599 Å². The van der Waals surface area contributed by atoms with E-state index in [4.69, 9.17) is 28.4 Å². The minimum absolute atomic E-state index is 0.0329. The molecule has 4 atom stereocenters. The minimum Gasteiger partial charge on any atom is -0.493 e. The van der Waals surface area contributed by atoms with Gasteiger partial charge in [-0.1, -0.05) is 118 Å². The van der Waals surface area contributed by atoms with E-state index in [1.54, 1.807) is 81.4 Å². The van der Waals surface area contributed by atoms with Crippen molar-refractivity contribution >= 4 is 72.0 Å². The van der Waals surface area contributed by atoms with Gasteiger partial charge in [0.05, 0.1) is 44.7 Å². The number of alkyl carbamates (subject to hydrolysis) is 1. The number of nitrogens with one attached hydrogen (secondary N) is 3. The molecular formula is C81H95N7O13Si. The molecule has 0 unspecified atom stereocenters. The average Bonchev–Trinajstić information content (AvgIpc) is 1.58. The molecule has 0 bridgehead atoms. The summed E-state index contributed by atoms with van der Waals surface area (Å²) in [6.07, 6.45) is 9.70. The number of benzene rings is 6. The molecule has 21 heteroatoms. The largest absolute Gasteiger partial charge is 0.493 e. The SMILES string of the molecule is COc1cc2c(cc1OCCCCCOc1cc3c(cc1OC)C(=O)N1C=C(c4ccc(NC(=O)[C@H](C)NC(=O)[C@@H](NC(=O)OCC5c6ccccc6-c6ccccc65)C(C)C)cc4)C[C@H]1C(=O)N3COCC[Si](C)(C)C)CCC(=O)[C@@H]1CC(c3ccc(CC4CCN(C)CC4)cc3)=CN1C2=O. The van der Waals surface area contributed by atoms with E-state index < -0.39 is 56.1 Å². The summed E-state index contributed by atoms with van der Waals surface area (Å²) in [4.78, 5) is 105. The van der Waals surface area contributed by atoms with Crippen LogP contribution in [0.15, 0.2) is 134 Å². The first-order valence-corrected chi connectivity index (χ1v) is 39.6. The topological polar surface area (TPSA) is 224 Å². The van der Waals surface area contributed by atoms with Gasteiger partial charge in [-0.05, 0) is 176 Å². The Morgan fingerprint density at radius 2 is 1.20 bits per heavy atom. The van der Waals surface area contributed by atoms with Gasteiger partial charge in [0.1, 0.15) is 31.5 Å². The number of methoxy groups -OCH3 is 2. The van der Waals surface area contributed by atoms with Crippen LogP contribution in [0.5, 0.6) is 23.0 Å². The van der Waals surface area contributed by atoms with E-state index in [1.807, 2.05) is 48.7 Å². The van der Waals surface area contributed by atoms with E-state index in [-0.39, 0.29) is 54.8 Å². The lowest BCUT2D eigenvalue weighted by atomic mass is 9.89. The van der Waals surface area contributed by atoms with Crippen molar-refractivity contribution < 1.29 is 62.0 Å². The van der Waals surface area contributed by atoms with Gasteiger partial charge >= 0.3 is 6.09 Å². The van der Waals surface area contributed by atoms with Gasteiger partial charge in [0.2, 0.25) is 11.8 Å². The number of hydrogen-bond donors (Lipinski definition) is 3. The van der Waals surface area contributed by atoms with Gasteiger partial charge in [-0.3, -0.25) is 33.7 Å². The molecule has 0 spiro atoms. The third-order valence-electron chi connectivity index (χ3n) is 20.6. The standard InChI is InChI=1S/C81H95N7O13Si/c1-50(2)75(84-81(95)101-48-66-62-19-13-11-17-60(62)61-18-12-14-20-63(61)66)77(91)82-51(3)76(90)83-59-28-25-55(26-29-59)58-41-69-80(94)88(49-98-37-38-102(7,8)9)67-45-74(72(97-6)44-65(67)79(93)87(69)47-58)100-36-16-10-15-35-99-73-42-56-27-30-70(89)68-40-57(46-86(68)78(92)64(56)43-71(73)96-5)54-23-21-52(22-24-54)39-53-31-33-85(4)34-32-53/h11-14,17-26,28-29,42-47,50-51,53,66,68-69,75H,10,15-16,27,30-41,48-49H2,1-9H3,(H,82,91)(H,83,90)(H,84,95)/t51-,68-,69-,75-/m0/s1. The summed E-state index contributed by atoms with van der Waals surface area (Å²) in [5.74, 6) is -0.134. The van der Waals surface area contributed by atoms with Crippen LogP contribution in [0.3, 0.4) is 0 Å². The Morgan fingerprint density at radius 3 is 1.81 bits per heavy atom. The van der Waals surface area contributed by atoms with Crippen LogP contribution in [-0.2, 0) is 41.5 Å². The number of likely N-dealkylation sites (tertiary alicyclic amines) is 1. The van der Waals surface area contributed by atoms with Crippen molar-refractivity contribution in [3.8, 4) is 34.1 Å². The molecule has 5 heterocycles. The molecule has 6 aliphatic rings. The Kier molecular flexibility index (Phi) is 22.5. The molecule has 102 heavy (non-hydrogen) atoms. The highest BCUT2D eigenvalue weighted by Gasteiger charge is 2.44. The number of nitrogens with zero attached hydrogens (tertiary/aromatic N) is 4. The Hall–Kier alpha value is -9.57. The van der Waals surface area contributed by atoms with Gasteiger partial charge in [-0.25, -0.2) is 4.79 Å². The molecule has 6 aromatic carbocycles. The zero-order valence-corrected chi connectivity index (χ0v) is 61.1. The van der Waals surface area contributed by atoms with Crippen molar-refractivity contribution in [1.29, 1.82) is 0 Å². The van der Waals surface area contributed by atoms with Crippen LogP contribution in [0.25, 0.3) is 22.3 Å². The summed E-state index contributed by atoms with van der Waals surface area (Å²) in [5.41, 5.74) is 11.4. The van der Waals surface area contributed by atoms with Crippen LogP contribution >= 0.6 is 0 Å². The molecular weight excluding hydrogens is 1310 g/mol. The molecule has 20 nitrogen and oxygen atoms in total. The second-order valence-electron chi connectivity index (χ2n) is 29.3. The summed E-state index contributed by atoms with van der Waals surface area (Å²) >= 11 is 0. The zero-order chi connectivity index (χ0) is 71.9. The lowest BCUT2D eigenvalue weighted by Crippen LogP contribution is -2.53. The zero-order valence-electron chi connectivity index (χ0n) is 60.1. The third-order valence-corrected chi connectivity index (χ3v) is 22.3. The summed E-state index contributed by atoms with van der Waals surface area (Å²) in [6.45, 7) is 15.3. The molecule has 3 N–H and O–H groups in total. The van der Waals surface area contributed by atoms with E-state index in [0.29, 0.717) is 97.8 Å². The maximum atomic E-state index is 14.9. The second kappa shape index (κ2) is 31.8. The lowest BCUT2D eigenvalue weighted by molar-refractivity contribution is -0.128. The number of rotatable bonds is 27. The number of amides is 6. The first kappa shape index (κ1) is 72.2. The van der Waals surface area contributed by atoms with E-state index >= 15 is 0 Å². The first-order valence-electron chi connectivity index (χ1n) is 35.9. The normalized spacial score (nSPS) is 18.1. The van der Waals surface area contributed by atoms with Gasteiger partial charge in [-0.15, -0.1) is 0 Å². The number of carbonyl (C=O) groups excluding carboxylic acids is 7. The van der Waals surface area contributed by atoms with E-state index in [0.717, 1.165) is 82.1 Å². The molecule has 536 valence electrons. The van der Waals surface area contributed by atoms with Crippen molar-refractivity contribution in [3.05, 3.63) is 178 Å². The second-order valence-corrected chi connectivity index (χ2v) is 34.9. The number of unbranched alkanes of at least 4 members (excludes halogenated alkanes) is 2. The highest BCUT2D eigenvalue weighted by Crippen LogP contribution is 2.46. The number of ketones is 1. The summed E-state index contributed by atoms with van der Waals surface area (Å²) in [7, 11) is 3.73. The number of ether oxygens (including phenoxy) is 6. The van der Waals surface area contributed by atoms with Crippen molar-refractivity contribution in [2.75, 3.05) is 77.7 Å². The molecule has 5 aliphatic heterocycles. The van der Waals surface area contributed by atoms with Crippen molar-refractivity contribution in [2.45, 2.75) is 141 Å². The van der Waals surface area contributed by atoms with Gasteiger partial charge in [0.15, 0.2) is 28.8 Å². The van der Waals surface area contributed by atoms with Crippen LogP contribution in [-0.4, -0.2) is 156 Å². The fraction of sp³-hybridized carbons (Fsp3) is 0.420. The summed E-state index contributed by atoms with van der Waals surface area (Å²) in [6, 6.07) is 36.1. The van der Waals surface area contributed by atoms with Crippen molar-refractivity contribution in [2.24, 2.45) is 11.8 Å². The van der Waals surface area contributed by atoms with E-state index in [1.165, 1.54) is 35.3 Å². The fourth-order valence-corrected chi connectivity index (χ4v) is 15.3. The molecule has 1 saturated heterocycles. The van der Waals surface area contributed by atoms with E-state index in [2.05, 4.69) is 83.9 Å². The van der Waals surface area contributed by atoms with Gasteiger partial charge in [0.25, 0.3) is 17.7 Å². The quantitative estimate of drug-likeness (QED) is 0.0322. The van der Waals surface area contributed by atoms with E-state index in [9.17, 15) is 33.6 Å². The Balaban J connectivity index is 0.644. The predicted molar refractivity (Wildman–Crippen MR) is 396 cm³/mol. The Morgan fingerprint density at radius 1 is 0.618 bits per heavy atom. The summed E-state index contributed by atoms with van der Waals surface area (Å²) in [5, 5.41) is 8.34. The maximum absolute atomic E-state index is 14.9. The first-order chi connectivity index (χ1) is 49.1. The van der Waals surface area contributed by atoms with Crippen molar-refractivity contribution in [3.63, 3.8) is 0 Å². The molecule has 12 rings (SSSR count). The monoisotopic (exact) mass is 1400 g/mol. The van der Waals surface area contributed by atoms with Crippen LogP contribution in [0, 0.1) is 11.8 Å². The van der Waals surface area contributed by atoms with Gasteiger partial charge in [-0.2, -0.15) is 0 Å². The average molecular weight is 1400 g/mol. The molecule has 0 radical (unpaired) electrons. The number of aryl methyl sites for hydroxylation is 1. The molecule has 1 aliphatic carbocycles. The van der Waals surface area contributed by atoms with Gasteiger partial charge in [0, 0.05) is 69.6 Å². The number of hydrogen-bond acceptors (Lipinski definition) is 14. The van der Waals surface area contributed by atoms with Crippen LogP contribution < -0.4 is 39.8 Å². The highest BCUT2D eigenvalue weighted by atomic mass is 28.3. The summed E-state index contributed by atoms with van der Waals surface area (Å²) < 4.78 is 36.4. The Bertz CT molecular complexity index is 4150. The molecule has 0 aromatic heterocycles. The third kappa shape index (κ3) is 16.3. The van der Waals surface area contributed by atoms with Crippen LogP contribution in [0.1, 0.15) is 132 Å². The molecule has 1 fully saturated rings.